The summed E-state index contributed by atoms with van der Waals surface area (Å²) in [5.41, 5.74) is 3.35. The van der Waals surface area contributed by atoms with Gasteiger partial charge in [-0.1, -0.05) is 24.3 Å². The zero-order valence-corrected chi connectivity index (χ0v) is 14.3. The number of carbonyl (C=O) groups is 1. The number of halogens is 4. The van der Waals surface area contributed by atoms with Crippen molar-refractivity contribution in [2.75, 3.05) is 0 Å². The van der Waals surface area contributed by atoms with Gasteiger partial charge in [-0.25, -0.2) is 8.78 Å². The van der Waals surface area contributed by atoms with Crippen LogP contribution in [-0.4, -0.2) is 10.3 Å². The van der Waals surface area contributed by atoms with E-state index in [9.17, 15) is 13.6 Å². The standard InChI is InChI=1S/C9H7ClFNO.C8H8FN.ClH/c10-9(13)12-4-6-2-1-3-8(11)7(6)5-12;9-8-3-1-2-6-4-10-5-7(6)8;/h1-3H,4-5H2;1-3,10H,4-5H2;1H. The summed E-state index contributed by atoms with van der Waals surface area (Å²) < 4.78 is 26.0. The second kappa shape index (κ2) is 7.92. The average molecular weight is 373 g/mol. The Labute approximate surface area is 150 Å². The van der Waals surface area contributed by atoms with E-state index in [-0.39, 0.29) is 30.6 Å². The molecule has 1 amide bonds. The predicted octanol–water partition coefficient (Wildman–Crippen LogP) is 4.35. The number of benzene rings is 2. The Morgan fingerprint density at radius 3 is 2.17 bits per heavy atom. The predicted molar refractivity (Wildman–Crippen MR) is 91.1 cm³/mol. The molecule has 2 aromatic rings. The molecule has 0 spiro atoms. The lowest BCUT2D eigenvalue weighted by Crippen LogP contribution is -2.18. The number of nitrogens with zero attached hydrogens (tertiary/aromatic N) is 1. The average Bonchev–Trinajstić information content (AvgIpc) is 3.15. The lowest BCUT2D eigenvalue weighted by Gasteiger charge is -2.08. The molecule has 0 saturated heterocycles. The fourth-order valence-corrected chi connectivity index (χ4v) is 2.91. The normalized spacial score (nSPS) is 14.2. The molecule has 3 nitrogen and oxygen atoms in total. The summed E-state index contributed by atoms with van der Waals surface area (Å²) in [5.74, 6) is -0.347. The van der Waals surface area contributed by atoms with Crippen molar-refractivity contribution in [1.29, 1.82) is 0 Å². The molecule has 7 heteroatoms. The van der Waals surface area contributed by atoms with E-state index in [1.165, 1.54) is 17.0 Å². The number of amides is 1. The first-order valence-corrected chi connectivity index (χ1v) is 7.61. The summed E-state index contributed by atoms with van der Waals surface area (Å²) in [6, 6.07) is 10.0. The number of nitrogens with one attached hydrogen (secondary N) is 1. The quantitative estimate of drug-likeness (QED) is 0.550. The molecule has 1 N–H and O–H groups in total. The summed E-state index contributed by atoms with van der Waals surface area (Å²) in [6.07, 6.45) is 0. The van der Waals surface area contributed by atoms with Crippen molar-refractivity contribution >= 4 is 29.4 Å². The summed E-state index contributed by atoms with van der Waals surface area (Å²) in [6.45, 7) is 2.19. The van der Waals surface area contributed by atoms with Crippen molar-refractivity contribution < 1.29 is 13.6 Å². The van der Waals surface area contributed by atoms with E-state index in [0.29, 0.717) is 18.7 Å². The Morgan fingerprint density at radius 1 is 0.958 bits per heavy atom. The van der Waals surface area contributed by atoms with Crippen LogP contribution in [0.5, 0.6) is 0 Å². The lowest BCUT2D eigenvalue weighted by atomic mass is 10.1. The van der Waals surface area contributed by atoms with Gasteiger partial charge in [-0.05, 0) is 34.9 Å². The van der Waals surface area contributed by atoms with Crippen LogP contribution in [0.2, 0.25) is 0 Å². The summed E-state index contributed by atoms with van der Waals surface area (Å²) in [5, 5.41) is 2.56. The molecule has 0 aromatic heterocycles. The van der Waals surface area contributed by atoms with Crippen molar-refractivity contribution in [3.8, 4) is 0 Å². The third-order valence-corrected chi connectivity index (χ3v) is 4.25. The van der Waals surface area contributed by atoms with E-state index in [1.54, 1.807) is 18.2 Å². The topological polar surface area (TPSA) is 32.3 Å². The van der Waals surface area contributed by atoms with Gasteiger partial charge in [0.25, 0.3) is 0 Å². The molecular formula is C17H16Cl2F2N2O. The summed E-state index contributed by atoms with van der Waals surface area (Å²) in [4.78, 5) is 12.2. The Balaban J connectivity index is 0.000000172. The largest absolute Gasteiger partial charge is 0.320 e. The van der Waals surface area contributed by atoms with Crippen LogP contribution in [0, 0.1) is 11.6 Å². The summed E-state index contributed by atoms with van der Waals surface area (Å²) >= 11 is 5.29. The van der Waals surface area contributed by atoms with E-state index in [0.717, 1.165) is 23.2 Å². The smallest absolute Gasteiger partial charge is 0.316 e. The second-order valence-electron chi connectivity index (χ2n) is 5.47. The molecule has 0 unspecified atom stereocenters. The monoisotopic (exact) mass is 372 g/mol. The highest BCUT2D eigenvalue weighted by Crippen LogP contribution is 2.25. The van der Waals surface area contributed by atoms with Crippen LogP contribution in [-0.2, 0) is 26.2 Å². The Hall–Kier alpha value is -1.69. The van der Waals surface area contributed by atoms with Crippen molar-refractivity contribution in [1.82, 2.24) is 10.2 Å². The van der Waals surface area contributed by atoms with Gasteiger partial charge in [0.2, 0.25) is 0 Å². The highest BCUT2D eigenvalue weighted by Gasteiger charge is 2.24. The molecule has 128 valence electrons. The molecule has 2 aliphatic rings. The molecule has 0 atom stereocenters. The number of rotatable bonds is 0. The maximum Gasteiger partial charge on any atom is 0.316 e. The van der Waals surface area contributed by atoms with Crippen molar-refractivity contribution in [2.45, 2.75) is 26.2 Å². The fourth-order valence-electron chi connectivity index (χ4n) is 2.79. The number of hydrogen-bond donors (Lipinski definition) is 1. The molecule has 0 radical (unpaired) electrons. The number of hydrogen-bond acceptors (Lipinski definition) is 2. The molecule has 0 fully saturated rings. The van der Waals surface area contributed by atoms with Gasteiger partial charge in [0.15, 0.2) is 0 Å². The van der Waals surface area contributed by atoms with Gasteiger partial charge in [0.1, 0.15) is 11.6 Å². The first-order valence-electron chi connectivity index (χ1n) is 7.24. The van der Waals surface area contributed by atoms with Gasteiger partial charge < -0.3 is 10.2 Å². The Kier molecular flexibility index (Phi) is 6.15. The van der Waals surface area contributed by atoms with Crippen LogP contribution in [0.3, 0.4) is 0 Å². The maximum atomic E-state index is 13.1. The van der Waals surface area contributed by atoms with E-state index in [4.69, 9.17) is 11.6 Å². The van der Waals surface area contributed by atoms with Crippen molar-refractivity contribution in [3.63, 3.8) is 0 Å². The molecule has 0 bridgehead atoms. The van der Waals surface area contributed by atoms with Gasteiger partial charge in [0.05, 0.1) is 6.54 Å². The lowest BCUT2D eigenvalue weighted by molar-refractivity contribution is 0.222. The molecule has 4 rings (SSSR count). The minimum atomic E-state index is -0.532. The number of fused-ring (bicyclic) bond motifs is 2. The number of carbonyl (C=O) groups excluding carboxylic acids is 1. The van der Waals surface area contributed by atoms with E-state index in [1.807, 2.05) is 6.07 Å². The van der Waals surface area contributed by atoms with Crippen LogP contribution >= 0.6 is 24.0 Å². The SMILES string of the molecule is Cl.Fc1cccc2c1CNC2.O=C(Cl)N1Cc2cccc(F)c2C1. The van der Waals surface area contributed by atoms with Crippen molar-refractivity contribution in [3.05, 3.63) is 70.3 Å². The van der Waals surface area contributed by atoms with Gasteiger partial charge in [0, 0.05) is 30.8 Å². The van der Waals surface area contributed by atoms with Crippen LogP contribution in [0.4, 0.5) is 13.6 Å². The molecule has 2 aliphatic heterocycles. The Bertz CT molecular complexity index is 755. The van der Waals surface area contributed by atoms with Crippen LogP contribution in [0.1, 0.15) is 22.3 Å². The van der Waals surface area contributed by atoms with Crippen LogP contribution in [0.25, 0.3) is 0 Å². The highest BCUT2D eigenvalue weighted by atomic mass is 35.5. The third-order valence-electron chi connectivity index (χ3n) is 4.01. The molecule has 0 aliphatic carbocycles. The van der Waals surface area contributed by atoms with E-state index < -0.39 is 5.37 Å². The van der Waals surface area contributed by atoms with Crippen molar-refractivity contribution in [2.24, 2.45) is 0 Å². The van der Waals surface area contributed by atoms with Gasteiger partial charge in [-0.3, -0.25) is 4.79 Å². The fraction of sp³-hybridized carbons (Fsp3) is 0.235. The molecular weight excluding hydrogens is 357 g/mol. The van der Waals surface area contributed by atoms with Gasteiger partial charge in [-0.2, -0.15) is 0 Å². The molecule has 2 heterocycles. The summed E-state index contributed by atoms with van der Waals surface area (Å²) in [7, 11) is 0. The third kappa shape index (κ3) is 3.86. The minimum Gasteiger partial charge on any atom is -0.320 e. The maximum absolute atomic E-state index is 13.1. The van der Waals surface area contributed by atoms with Crippen LogP contribution < -0.4 is 5.32 Å². The van der Waals surface area contributed by atoms with E-state index >= 15 is 0 Å². The van der Waals surface area contributed by atoms with E-state index in [2.05, 4.69) is 5.32 Å². The molecule has 24 heavy (non-hydrogen) atoms. The Morgan fingerprint density at radius 2 is 1.58 bits per heavy atom. The zero-order chi connectivity index (χ0) is 16.4. The minimum absolute atomic E-state index is 0. The molecule has 2 aromatic carbocycles. The van der Waals surface area contributed by atoms with Gasteiger partial charge >= 0.3 is 5.37 Å². The zero-order valence-electron chi connectivity index (χ0n) is 12.7. The first-order chi connectivity index (χ1) is 11.1. The first kappa shape index (κ1) is 18.6. The second-order valence-corrected chi connectivity index (χ2v) is 5.79. The highest BCUT2D eigenvalue weighted by molar-refractivity contribution is 6.62. The molecule has 0 saturated carbocycles. The van der Waals surface area contributed by atoms with Gasteiger partial charge in [-0.15, -0.1) is 12.4 Å². The van der Waals surface area contributed by atoms with Crippen LogP contribution in [0.15, 0.2) is 36.4 Å².